The molecule has 32 heavy (non-hydrogen) atoms. The molecule has 10 heteroatoms. The Morgan fingerprint density at radius 2 is 2.09 bits per heavy atom. The lowest BCUT2D eigenvalue weighted by Crippen LogP contribution is -2.24. The predicted octanol–water partition coefficient (Wildman–Crippen LogP) is 3.74. The second kappa shape index (κ2) is 10.8. The fourth-order valence-corrected chi connectivity index (χ4v) is 2.91. The largest absolute Gasteiger partial charge is 0.490 e. The SMILES string of the molecule is [C-]#[N+]c1c(C)cc(Nc2cc(C(=O)NCCC)[nH]n2)nc1NCCOc1cccnc1C. The van der Waals surface area contributed by atoms with Gasteiger partial charge < -0.3 is 20.7 Å². The summed E-state index contributed by atoms with van der Waals surface area (Å²) in [5, 5.41) is 15.9. The van der Waals surface area contributed by atoms with E-state index in [9.17, 15) is 4.79 Å². The molecular weight excluding hydrogens is 408 g/mol. The van der Waals surface area contributed by atoms with Crippen molar-refractivity contribution in [2.45, 2.75) is 27.2 Å². The number of nitrogens with zero attached hydrogens (tertiary/aromatic N) is 4. The topological polar surface area (TPSA) is 121 Å². The third-order valence-corrected chi connectivity index (χ3v) is 4.52. The number of pyridine rings is 2. The highest BCUT2D eigenvalue weighted by atomic mass is 16.5. The number of hydrogen-bond acceptors (Lipinski definition) is 7. The van der Waals surface area contributed by atoms with Gasteiger partial charge in [0.2, 0.25) is 5.69 Å². The van der Waals surface area contributed by atoms with Crippen LogP contribution in [-0.2, 0) is 0 Å². The fourth-order valence-electron chi connectivity index (χ4n) is 2.91. The number of amides is 1. The summed E-state index contributed by atoms with van der Waals surface area (Å²) in [6, 6.07) is 7.06. The molecule has 0 bridgehead atoms. The molecule has 0 saturated heterocycles. The van der Waals surface area contributed by atoms with E-state index < -0.39 is 0 Å². The highest BCUT2D eigenvalue weighted by Gasteiger charge is 2.13. The smallest absolute Gasteiger partial charge is 0.269 e. The van der Waals surface area contributed by atoms with Crippen LogP contribution in [0.25, 0.3) is 4.85 Å². The molecule has 3 heterocycles. The first-order chi connectivity index (χ1) is 15.5. The summed E-state index contributed by atoms with van der Waals surface area (Å²) in [7, 11) is 0. The van der Waals surface area contributed by atoms with Crippen molar-refractivity contribution >= 4 is 29.0 Å². The van der Waals surface area contributed by atoms with Gasteiger partial charge in [-0.25, -0.2) is 9.83 Å². The van der Waals surface area contributed by atoms with Crippen molar-refractivity contribution in [2.75, 3.05) is 30.3 Å². The number of aromatic nitrogens is 4. The van der Waals surface area contributed by atoms with Crippen LogP contribution in [0.15, 0.2) is 30.5 Å². The van der Waals surface area contributed by atoms with E-state index in [2.05, 4.69) is 41.0 Å². The number of aromatic amines is 1. The number of nitrogens with one attached hydrogen (secondary N) is 4. The molecule has 0 aliphatic heterocycles. The average Bonchev–Trinajstić information content (AvgIpc) is 3.24. The molecule has 0 aliphatic carbocycles. The molecular formula is C22H26N8O2. The van der Waals surface area contributed by atoms with E-state index >= 15 is 0 Å². The molecule has 3 aromatic heterocycles. The predicted molar refractivity (Wildman–Crippen MR) is 123 cm³/mol. The Bertz CT molecular complexity index is 1120. The molecule has 0 unspecified atom stereocenters. The Kier molecular flexibility index (Phi) is 7.59. The normalized spacial score (nSPS) is 10.3. The highest BCUT2D eigenvalue weighted by Crippen LogP contribution is 2.30. The maximum absolute atomic E-state index is 12.0. The number of carbonyl (C=O) groups excluding carboxylic acids is 1. The van der Waals surface area contributed by atoms with Gasteiger partial charge in [-0.1, -0.05) is 6.92 Å². The van der Waals surface area contributed by atoms with E-state index in [4.69, 9.17) is 11.3 Å². The number of rotatable bonds is 10. The first-order valence-corrected chi connectivity index (χ1v) is 10.3. The van der Waals surface area contributed by atoms with Crippen LogP contribution in [-0.4, -0.2) is 45.8 Å². The van der Waals surface area contributed by atoms with Gasteiger partial charge in [0.15, 0.2) is 5.82 Å². The van der Waals surface area contributed by atoms with E-state index in [1.165, 1.54) is 0 Å². The van der Waals surface area contributed by atoms with Crippen molar-refractivity contribution in [1.82, 2.24) is 25.5 Å². The lowest BCUT2D eigenvalue weighted by molar-refractivity contribution is 0.0948. The molecule has 3 rings (SSSR count). The lowest BCUT2D eigenvalue weighted by atomic mass is 10.2. The summed E-state index contributed by atoms with van der Waals surface area (Å²) < 4.78 is 5.74. The summed E-state index contributed by atoms with van der Waals surface area (Å²) >= 11 is 0. The molecule has 3 aromatic rings. The molecule has 0 radical (unpaired) electrons. The Hall–Kier alpha value is -4.13. The molecule has 0 atom stereocenters. The minimum atomic E-state index is -0.217. The summed E-state index contributed by atoms with van der Waals surface area (Å²) in [5.74, 6) is 1.91. The van der Waals surface area contributed by atoms with Gasteiger partial charge in [-0.2, -0.15) is 5.10 Å². The van der Waals surface area contributed by atoms with E-state index in [-0.39, 0.29) is 5.91 Å². The zero-order valence-corrected chi connectivity index (χ0v) is 18.3. The standard InChI is InChI=1S/C22H26N8O2/c1-5-8-26-22(31)16-13-19(30-29-16)27-18-12-14(2)20(23-4)21(28-18)25-10-11-32-17-7-6-9-24-15(17)3/h6-7,9,12-13H,5,8,10-11H2,1-3H3,(H,26,31)(H3,25,27,28,29,30). The van der Waals surface area contributed by atoms with E-state index in [1.807, 2.05) is 32.9 Å². The van der Waals surface area contributed by atoms with Gasteiger partial charge in [0.05, 0.1) is 12.3 Å². The molecule has 0 aliphatic rings. The van der Waals surface area contributed by atoms with Gasteiger partial charge >= 0.3 is 0 Å². The zero-order valence-electron chi connectivity index (χ0n) is 18.3. The van der Waals surface area contributed by atoms with Gasteiger partial charge in [-0.05, 0) is 44.0 Å². The Labute approximate surface area is 186 Å². The van der Waals surface area contributed by atoms with Crippen molar-refractivity contribution in [3.8, 4) is 5.75 Å². The minimum Gasteiger partial charge on any atom is -0.490 e. The molecule has 1 amide bonds. The molecule has 166 valence electrons. The second-order valence-corrected chi connectivity index (χ2v) is 7.04. The van der Waals surface area contributed by atoms with Crippen molar-refractivity contribution in [1.29, 1.82) is 0 Å². The van der Waals surface area contributed by atoms with Gasteiger partial charge in [0.1, 0.15) is 29.7 Å². The third kappa shape index (κ3) is 5.72. The Balaban J connectivity index is 1.66. The van der Waals surface area contributed by atoms with Crippen molar-refractivity contribution in [3.63, 3.8) is 0 Å². The molecule has 10 nitrogen and oxygen atoms in total. The van der Waals surface area contributed by atoms with Crippen molar-refractivity contribution in [3.05, 3.63) is 58.8 Å². The minimum absolute atomic E-state index is 0.217. The van der Waals surface area contributed by atoms with E-state index in [1.54, 1.807) is 18.3 Å². The fraction of sp³-hybridized carbons (Fsp3) is 0.318. The first-order valence-electron chi connectivity index (χ1n) is 10.3. The van der Waals surface area contributed by atoms with Crippen LogP contribution in [0.2, 0.25) is 0 Å². The number of hydrogen-bond donors (Lipinski definition) is 4. The van der Waals surface area contributed by atoms with Crippen molar-refractivity contribution in [2.24, 2.45) is 0 Å². The summed E-state index contributed by atoms with van der Waals surface area (Å²) in [4.78, 5) is 24.3. The van der Waals surface area contributed by atoms with Crippen LogP contribution in [0.5, 0.6) is 5.75 Å². The number of aryl methyl sites for hydroxylation is 2. The summed E-state index contributed by atoms with van der Waals surface area (Å²) in [6.45, 7) is 14.6. The van der Waals surface area contributed by atoms with Crippen LogP contribution in [0.4, 0.5) is 23.1 Å². The van der Waals surface area contributed by atoms with Crippen LogP contribution in [0.3, 0.4) is 0 Å². The number of ether oxygens (including phenoxy) is 1. The zero-order chi connectivity index (χ0) is 22.9. The second-order valence-electron chi connectivity index (χ2n) is 7.04. The van der Waals surface area contributed by atoms with Crippen LogP contribution in [0.1, 0.15) is 35.1 Å². The maximum atomic E-state index is 12.0. The quantitative estimate of drug-likeness (QED) is 0.283. The number of carbonyl (C=O) groups is 1. The maximum Gasteiger partial charge on any atom is 0.269 e. The first kappa shape index (κ1) is 22.6. The van der Waals surface area contributed by atoms with Gasteiger partial charge in [-0.15, -0.1) is 0 Å². The average molecular weight is 435 g/mol. The summed E-state index contributed by atoms with van der Waals surface area (Å²) in [6.07, 6.45) is 2.57. The number of H-pyrrole nitrogens is 1. The lowest BCUT2D eigenvalue weighted by Gasteiger charge is -2.13. The summed E-state index contributed by atoms with van der Waals surface area (Å²) in [5.41, 5.74) is 2.38. The Morgan fingerprint density at radius 1 is 1.25 bits per heavy atom. The van der Waals surface area contributed by atoms with Crippen molar-refractivity contribution < 1.29 is 9.53 Å². The van der Waals surface area contributed by atoms with E-state index in [0.29, 0.717) is 48.5 Å². The van der Waals surface area contributed by atoms with Crippen LogP contribution in [0, 0.1) is 20.4 Å². The monoisotopic (exact) mass is 434 g/mol. The molecule has 4 N–H and O–H groups in total. The molecule has 0 saturated carbocycles. The van der Waals surface area contributed by atoms with Crippen LogP contribution >= 0.6 is 0 Å². The highest BCUT2D eigenvalue weighted by molar-refractivity contribution is 5.93. The molecule has 0 spiro atoms. The van der Waals surface area contributed by atoms with Gasteiger partial charge in [-0.3, -0.25) is 14.9 Å². The molecule has 0 aromatic carbocycles. The van der Waals surface area contributed by atoms with E-state index in [0.717, 1.165) is 23.4 Å². The van der Waals surface area contributed by atoms with Crippen LogP contribution < -0.4 is 20.7 Å². The number of anilines is 3. The molecule has 0 fully saturated rings. The Morgan fingerprint density at radius 3 is 2.84 bits per heavy atom. The third-order valence-electron chi connectivity index (χ3n) is 4.52. The van der Waals surface area contributed by atoms with Gasteiger partial charge in [0, 0.05) is 25.4 Å². The van der Waals surface area contributed by atoms with Gasteiger partial charge in [0.25, 0.3) is 5.91 Å².